The highest BCUT2D eigenvalue weighted by Crippen LogP contribution is 2.41. The first-order chi connectivity index (χ1) is 12.7. The van der Waals surface area contributed by atoms with Crippen LogP contribution in [0, 0.1) is 0 Å². The van der Waals surface area contributed by atoms with Crippen molar-refractivity contribution >= 4 is 34.6 Å². The molecule has 0 saturated heterocycles. The fourth-order valence-corrected chi connectivity index (χ4v) is 4.22. The van der Waals surface area contributed by atoms with Crippen molar-refractivity contribution in [1.29, 1.82) is 0 Å². The number of rotatable bonds is 4. The summed E-state index contributed by atoms with van der Waals surface area (Å²) in [5, 5.41) is 8.10. The number of imidazole rings is 1. The van der Waals surface area contributed by atoms with Crippen LogP contribution in [0.1, 0.15) is 37.2 Å². The van der Waals surface area contributed by atoms with Gasteiger partial charge in [-0.1, -0.05) is 6.07 Å². The third kappa shape index (κ3) is 3.24. The van der Waals surface area contributed by atoms with E-state index in [-0.39, 0.29) is 0 Å². The summed E-state index contributed by atoms with van der Waals surface area (Å²) in [6.45, 7) is 0. The average Bonchev–Trinajstić information content (AvgIpc) is 3.11. The molecular weight excluding hydrogens is 344 g/mol. The molecule has 1 saturated carbocycles. The molecule has 0 bridgehead atoms. The lowest BCUT2D eigenvalue weighted by Crippen LogP contribution is -2.26. The van der Waals surface area contributed by atoms with Crippen molar-refractivity contribution in [3.05, 3.63) is 42.2 Å². The number of benzene rings is 1. The quantitative estimate of drug-likeness (QED) is 0.607. The van der Waals surface area contributed by atoms with Gasteiger partial charge in [0, 0.05) is 34.6 Å². The number of hydrogen-bond donors (Lipinski definition) is 3. The van der Waals surface area contributed by atoms with Crippen molar-refractivity contribution in [3.63, 3.8) is 0 Å². The molecule has 0 aliphatic heterocycles. The van der Waals surface area contributed by atoms with Gasteiger partial charge in [-0.2, -0.15) is 0 Å². The van der Waals surface area contributed by atoms with E-state index in [0.717, 1.165) is 48.3 Å². The summed E-state index contributed by atoms with van der Waals surface area (Å²) in [6, 6.07) is 8.66. The maximum Gasteiger partial charge on any atom is 0.177 e. The third-order valence-corrected chi connectivity index (χ3v) is 5.85. The number of nitrogen functional groups attached to an aromatic ring is 1. The van der Waals surface area contributed by atoms with E-state index in [1.54, 1.807) is 22.5 Å². The third-order valence-electron chi connectivity index (χ3n) is 5.13. The van der Waals surface area contributed by atoms with Crippen LogP contribution in [0.4, 0.5) is 17.2 Å². The summed E-state index contributed by atoms with van der Waals surface area (Å²) in [5.74, 6) is 0.926. The van der Waals surface area contributed by atoms with Gasteiger partial charge in [-0.15, -0.1) is 16.9 Å². The van der Waals surface area contributed by atoms with Crippen LogP contribution < -0.4 is 16.8 Å². The standard InChI is InChI=1S/C19H24N6S/c1-26-15-4-2-3-14(11-15)23-17-16(12-5-7-13(20)8-6-12)18(21)24-25-10-9-22-19(17)25/h2-4,9-13,23H,5-8,20H2,1H3,(H2,21,24). The number of hydrogen-bond acceptors (Lipinski definition) is 6. The largest absolute Gasteiger partial charge is 0.382 e. The Kier molecular flexibility index (Phi) is 4.74. The smallest absolute Gasteiger partial charge is 0.177 e. The minimum Gasteiger partial charge on any atom is -0.382 e. The molecule has 136 valence electrons. The molecule has 5 N–H and O–H groups in total. The van der Waals surface area contributed by atoms with E-state index in [1.165, 1.54) is 4.90 Å². The first-order valence-electron chi connectivity index (χ1n) is 8.95. The molecule has 0 radical (unpaired) electrons. The average molecular weight is 369 g/mol. The minimum atomic E-state index is 0.297. The Hall–Kier alpha value is -2.25. The van der Waals surface area contributed by atoms with Crippen molar-refractivity contribution < 1.29 is 0 Å². The van der Waals surface area contributed by atoms with Crippen molar-refractivity contribution in [3.8, 4) is 0 Å². The van der Waals surface area contributed by atoms with Gasteiger partial charge in [0.05, 0.1) is 5.69 Å². The zero-order valence-electron chi connectivity index (χ0n) is 14.9. The molecule has 4 rings (SSSR count). The molecule has 2 heterocycles. The maximum absolute atomic E-state index is 6.39. The van der Waals surface area contributed by atoms with E-state index < -0.39 is 0 Å². The molecule has 0 spiro atoms. The van der Waals surface area contributed by atoms with Crippen LogP contribution in [-0.2, 0) is 0 Å². The summed E-state index contributed by atoms with van der Waals surface area (Å²) < 4.78 is 1.74. The van der Waals surface area contributed by atoms with Crippen LogP contribution in [0.2, 0.25) is 0 Å². The van der Waals surface area contributed by atoms with Crippen LogP contribution in [0.3, 0.4) is 0 Å². The molecule has 1 aromatic carbocycles. The monoisotopic (exact) mass is 368 g/mol. The SMILES string of the molecule is CSc1cccc(Nc2c(C3CCC(N)CC3)c(N)nn3ccnc23)c1. The van der Waals surface area contributed by atoms with Crippen LogP contribution >= 0.6 is 11.8 Å². The van der Waals surface area contributed by atoms with Crippen LogP contribution in [0.15, 0.2) is 41.6 Å². The molecule has 7 heteroatoms. The first-order valence-corrected chi connectivity index (χ1v) is 10.2. The Morgan fingerprint density at radius 2 is 2.04 bits per heavy atom. The summed E-state index contributed by atoms with van der Waals surface area (Å²) in [5.41, 5.74) is 16.4. The van der Waals surface area contributed by atoms with Crippen molar-refractivity contribution in [2.45, 2.75) is 42.5 Å². The van der Waals surface area contributed by atoms with E-state index in [2.05, 4.69) is 45.9 Å². The molecule has 1 fully saturated rings. The number of nitrogens with one attached hydrogen (secondary N) is 1. The second kappa shape index (κ2) is 7.17. The van der Waals surface area contributed by atoms with Gasteiger partial charge >= 0.3 is 0 Å². The van der Waals surface area contributed by atoms with E-state index in [4.69, 9.17) is 11.5 Å². The minimum absolute atomic E-state index is 0.297. The number of nitrogens with two attached hydrogens (primary N) is 2. The number of anilines is 3. The molecule has 2 aromatic heterocycles. The zero-order chi connectivity index (χ0) is 18.1. The number of nitrogens with zero attached hydrogens (tertiary/aromatic N) is 3. The van der Waals surface area contributed by atoms with E-state index in [1.807, 2.05) is 6.20 Å². The highest BCUT2D eigenvalue weighted by molar-refractivity contribution is 7.98. The van der Waals surface area contributed by atoms with E-state index in [0.29, 0.717) is 17.8 Å². The Morgan fingerprint density at radius 3 is 2.81 bits per heavy atom. The topological polar surface area (TPSA) is 94.3 Å². The lowest BCUT2D eigenvalue weighted by atomic mass is 9.81. The predicted octanol–water partition coefficient (Wildman–Crippen LogP) is 3.76. The van der Waals surface area contributed by atoms with Gasteiger partial charge in [0.25, 0.3) is 0 Å². The van der Waals surface area contributed by atoms with Gasteiger partial charge in [0.2, 0.25) is 0 Å². The van der Waals surface area contributed by atoms with Gasteiger partial charge in [0.1, 0.15) is 5.82 Å². The molecule has 1 aliphatic carbocycles. The molecule has 26 heavy (non-hydrogen) atoms. The molecule has 0 unspecified atom stereocenters. The van der Waals surface area contributed by atoms with Crippen molar-refractivity contribution in [1.82, 2.24) is 14.6 Å². The van der Waals surface area contributed by atoms with Crippen LogP contribution in [0.5, 0.6) is 0 Å². The lowest BCUT2D eigenvalue weighted by molar-refractivity contribution is 0.396. The van der Waals surface area contributed by atoms with Gasteiger partial charge in [-0.25, -0.2) is 9.50 Å². The van der Waals surface area contributed by atoms with Crippen molar-refractivity contribution in [2.75, 3.05) is 17.3 Å². The summed E-state index contributed by atoms with van der Waals surface area (Å²) in [7, 11) is 0. The Morgan fingerprint density at radius 1 is 1.23 bits per heavy atom. The number of fused-ring (bicyclic) bond motifs is 1. The lowest BCUT2D eigenvalue weighted by Gasteiger charge is -2.28. The predicted molar refractivity (Wildman–Crippen MR) is 108 cm³/mol. The van der Waals surface area contributed by atoms with Gasteiger partial charge in [0.15, 0.2) is 5.65 Å². The Balaban J connectivity index is 1.80. The number of thioether (sulfide) groups is 1. The summed E-state index contributed by atoms with van der Waals surface area (Å²) in [6.07, 6.45) is 9.76. The molecule has 1 aliphatic rings. The van der Waals surface area contributed by atoms with Crippen LogP contribution in [-0.4, -0.2) is 26.9 Å². The fraction of sp³-hybridized carbons (Fsp3) is 0.368. The second-order valence-corrected chi connectivity index (χ2v) is 7.72. The highest BCUT2D eigenvalue weighted by atomic mass is 32.2. The highest BCUT2D eigenvalue weighted by Gasteiger charge is 2.27. The number of aromatic nitrogens is 3. The van der Waals surface area contributed by atoms with Gasteiger partial charge in [-0.3, -0.25) is 0 Å². The summed E-state index contributed by atoms with van der Waals surface area (Å²) in [4.78, 5) is 5.73. The first kappa shape index (κ1) is 17.2. The van der Waals surface area contributed by atoms with E-state index >= 15 is 0 Å². The molecule has 6 nitrogen and oxygen atoms in total. The second-order valence-electron chi connectivity index (χ2n) is 6.84. The molecule has 0 amide bonds. The van der Waals surface area contributed by atoms with Crippen molar-refractivity contribution in [2.24, 2.45) is 5.73 Å². The Labute approximate surface area is 157 Å². The maximum atomic E-state index is 6.39. The van der Waals surface area contributed by atoms with E-state index in [9.17, 15) is 0 Å². The normalized spacial score (nSPS) is 20.4. The fourth-order valence-electron chi connectivity index (χ4n) is 3.76. The van der Waals surface area contributed by atoms with Gasteiger partial charge < -0.3 is 16.8 Å². The molecule has 3 aromatic rings. The molecular formula is C19H24N6S. The summed E-state index contributed by atoms with van der Waals surface area (Å²) >= 11 is 1.72. The van der Waals surface area contributed by atoms with Crippen LogP contribution in [0.25, 0.3) is 5.65 Å². The molecule has 0 atom stereocenters. The van der Waals surface area contributed by atoms with Gasteiger partial charge in [-0.05, 0) is 56.1 Å². The Bertz CT molecular complexity index is 914. The zero-order valence-corrected chi connectivity index (χ0v) is 15.7.